The van der Waals surface area contributed by atoms with E-state index in [1.54, 1.807) is 25.7 Å². The van der Waals surface area contributed by atoms with Gasteiger partial charge in [-0.1, -0.05) is 77.3 Å². The molecule has 7 nitrogen and oxygen atoms in total. The number of carbonyl (C=O) groups is 3. The highest BCUT2D eigenvalue weighted by atomic mass is 16.6. The topological polar surface area (TPSA) is 87.7 Å². The molecule has 0 fully saturated rings. The van der Waals surface area contributed by atoms with Crippen LogP contribution in [0.15, 0.2) is 30.3 Å². The summed E-state index contributed by atoms with van der Waals surface area (Å²) < 4.78 is 5.43. The maximum atomic E-state index is 14.0. The van der Waals surface area contributed by atoms with Crippen molar-refractivity contribution in [3.8, 4) is 0 Å². The Labute approximate surface area is 212 Å². The van der Waals surface area contributed by atoms with Crippen LogP contribution in [0.2, 0.25) is 0 Å². The fraction of sp³-hybridized carbons (Fsp3) is 0.679. The third-order valence-corrected chi connectivity index (χ3v) is 5.49. The Balaban J connectivity index is 3.31. The van der Waals surface area contributed by atoms with E-state index in [2.05, 4.69) is 24.5 Å². The van der Waals surface area contributed by atoms with Gasteiger partial charge in [0.15, 0.2) is 0 Å². The highest BCUT2D eigenvalue weighted by Gasteiger charge is 2.36. The first kappa shape index (κ1) is 30.5. The molecule has 2 N–H and O–H groups in total. The summed E-state index contributed by atoms with van der Waals surface area (Å²) in [7, 11) is 0. The molecular formula is C28H47N3O4. The molecule has 1 aromatic rings. The predicted octanol–water partition coefficient (Wildman–Crippen LogP) is 5.60. The van der Waals surface area contributed by atoms with E-state index in [0.717, 1.165) is 37.7 Å². The highest BCUT2D eigenvalue weighted by Crippen LogP contribution is 2.24. The quantitative estimate of drug-likeness (QED) is 0.333. The van der Waals surface area contributed by atoms with Crippen molar-refractivity contribution in [1.29, 1.82) is 0 Å². The molecule has 0 aliphatic carbocycles. The van der Waals surface area contributed by atoms with Gasteiger partial charge in [-0.15, -0.1) is 0 Å². The zero-order chi connectivity index (χ0) is 26.4. The number of amides is 3. The zero-order valence-electron chi connectivity index (χ0n) is 22.9. The van der Waals surface area contributed by atoms with Crippen molar-refractivity contribution in [2.24, 2.45) is 5.92 Å². The van der Waals surface area contributed by atoms with E-state index in [9.17, 15) is 14.4 Å². The lowest BCUT2D eigenvalue weighted by Crippen LogP contribution is -2.53. The maximum absolute atomic E-state index is 14.0. The van der Waals surface area contributed by atoms with Crippen molar-refractivity contribution < 1.29 is 19.1 Å². The molecule has 0 bridgehead atoms. The van der Waals surface area contributed by atoms with Gasteiger partial charge in [-0.3, -0.25) is 9.59 Å². The second-order valence-electron chi connectivity index (χ2n) is 10.5. The molecule has 0 saturated heterocycles. The van der Waals surface area contributed by atoms with Crippen LogP contribution in [0.4, 0.5) is 4.79 Å². The maximum Gasteiger partial charge on any atom is 0.408 e. The first-order valence-electron chi connectivity index (χ1n) is 13.1. The molecule has 0 aromatic heterocycles. The lowest BCUT2D eigenvalue weighted by molar-refractivity contribution is -0.142. The van der Waals surface area contributed by atoms with Gasteiger partial charge >= 0.3 is 6.09 Å². The molecule has 0 aliphatic rings. The van der Waals surface area contributed by atoms with Crippen LogP contribution in [0, 0.1) is 5.92 Å². The van der Waals surface area contributed by atoms with Crippen molar-refractivity contribution in [2.45, 2.75) is 105 Å². The molecule has 2 unspecified atom stereocenters. The van der Waals surface area contributed by atoms with Crippen LogP contribution in [0.5, 0.6) is 0 Å². The van der Waals surface area contributed by atoms with Gasteiger partial charge in [0.2, 0.25) is 11.8 Å². The Morgan fingerprint density at radius 1 is 0.971 bits per heavy atom. The minimum absolute atomic E-state index is 0.157. The predicted molar refractivity (Wildman–Crippen MR) is 141 cm³/mol. The number of hydrogen-bond acceptors (Lipinski definition) is 4. The number of benzene rings is 1. The van der Waals surface area contributed by atoms with E-state index in [-0.39, 0.29) is 17.7 Å². The standard InChI is InChI=1S/C28H47N3O4/c1-8-10-15-18-29-25(32)24(22-16-13-12-14-17-22)31(19-11-9-2)26(33)23(20-21(3)4)30-27(34)35-28(5,6)7/h12-14,16-17,21,23-24H,8-11,15,18-20H2,1-7H3,(H,29,32)(H,30,34). The second-order valence-corrected chi connectivity index (χ2v) is 10.5. The van der Waals surface area contributed by atoms with E-state index >= 15 is 0 Å². The van der Waals surface area contributed by atoms with Gasteiger partial charge in [0.25, 0.3) is 0 Å². The van der Waals surface area contributed by atoms with Crippen LogP contribution in [0.3, 0.4) is 0 Å². The van der Waals surface area contributed by atoms with Gasteiger partial charge in [-0.2, -0.15) is 0 Å². The van der Waals surface area contributed by atoms with Crippen LogP contribution in [-0.4, -0.2) is 47.5 Å². The third kappa shape index (κ3) is 11.6. The van der Waals surface area contributed by atoms with E-state index < -0.39 is 23.8 Å². The summed E-state index contributed by atoms with van der Waals surface area (Å²) in [5.41, 5.74) is 0.0769. The minimum atomic E-state index is -0.791. The van der Waals surface area contributed by atoms with Gasteiger partial charge in [0.1, 0.15) is 17.7 Å². The molecule has 0 aliphatic heterocycles. The second kappa shape index (κ2) is 15.4. The first-order valence-corrected chi connectivity index (χ1v) is 13.1. The van der Waals surface area contributed by atoms with Crippen LogP contribution >= 0.6 is 0 Å². The summed E-state index contributed by atoms with van der Waals surface area (Å²) in [5, 5.41) is 5.82. The van der Waals surface area contributed by atoms with Crippen molar-refractivity contribution in [1.82, 2.24) is 15.5 Å². The van der Waals surface area contributed by atoms with Gasteiger partial charge in [0, 0.05) is 13.1 Å². The van der Waals surface area contributed by atoms with Crippen molar-refractivity contribution >= 4 is 17.9 Å². The van der Waals surface area contributed by atoms with Crippen LogP contribution in [0.1, 0.15) is 98.6 Å². The van der Waals surface area contributed by atoms with Crippen molar-refractivity contribution in [3.63, 3.8) is 0 Å². The molecule has 0 spiro atoms. The Kier molecular flexibility index (Phi) is 13.4. The minimum Gasteiger partial charge on any atom is -0.444 e. The molecule has 198 valence electrons. The summed E-state index contributed by atoms with van der Waals surface area (Å²) in [6.07, 6.45) is 4.42. The fourth-order valence-electron chi connectivity index (χ4n) is 3.83. The molecule has 1 aromatic carbocycles. The smallest absolute Gasteiger partial charge is 0.408 e. The summed E-state index contributed by atoms with van der Waals surface area (Å²) in [6.45, 7) is 14.5. The number of hydrogen-bond donors (Lipinski definition) is 2. The van der Waals surface area contributed by atoms with Gasteiger partial charge in [-0.05, 0) is 51.5 Å². The number of nitrogens with one attached hydrogen (secondary N) is 2. The number of carbonyl (C=O) groups excluding carboxylic acids is 3. The van der Waals surface area contributed by atoms with Crippen LogP contribution < -0.4 is 10.6 Å². The molecular weight excluding hydrogens is 442 g/mol. The van der Waals surface area contributed by atoms with Crippen molar-refractivity contribution in [2.75, 3.05) is 13.1 Å². The lowest BCUT2D eigenvalue weighted by atomic mass is 9.99. The van der Waals surface area contributed by atoms with E-state index in [1.165, 1.54) is 0 Å². The normalized spacial score (nSPS) is 13.1. The number of rotatable bonds is 14. The van der Waals surface area contributed by atoms with E-state index in [0.29, 0.717) is 19.5 Å². The fourth-order valence-corrected chi connectivity index (χ4v) is 3.83. The Morgan fingerprint density at radius 2 is 1.60 bits per heavy atom. The number of nitrogens with zero attached hydrogens (tertiary/aromatic N) is 1. The van der Waals surface area contributed by atoms with E-state index in [4.69, 9.17) is 4.74 Å². The number of unbranched alkanes of at least 4 members (excludes halogenated alkanes) is 3. The van der Waals surface area contributed by atoms with E-state index in [1.807, 2.05) is 44.2 Å². The molecule has 2 atom stereocenters. The average molecular weight is 490 g/mol. The van der Waals surface area contributed by atoms with Gasteiger partial charge in [0.05, 0.1) is 0 Å². The summed E-state index contributed by atoms with van der Waals surface area (Å²) in [4.78, 5) is 41.6. The molecule has 7 heteroatoms. The largest absolute Gasteiger partial charge is 0.444 e. The molecule has 3 amide bonds. The van der Waals surface area contributed by atoms with Crippen LogP contribution in [0.25, 0.3) is 0 Å². The molecule has 1 rings (SSSR count). The summed E-state index contributed by atoms with van der Waals surface area (Å²) in [6, 6.07) is 7.83. The zero-order valence-corrected chi connectivity index (χ0v) is 22.9. The Bertz CT molecular complexity index is 774. The lowest BCUT2D eigenvalue weighted by Gasteiger charge is -2.35. The molecule has 0 radical (unpaired) electrons. The molecule has 0 saturated carbocycles. The number of alkyl carbamates (subject to hydrolysis) is 1. The molecule has 35 heavy (non-hydrogen) atoms. The number of ether oxygens (including phenoxy) is 1. The SMILES string of the molecule is CCCCCNC(=O)C(c1ccccc1)N(CCCC)C(=O)C(CC(C)C)NC(=O)OC(C)(C)C. The van der Waals surface area contributed by atoms with Crippen LogP contribution in [-0.2, 0) is 14.3 Å². The monoisotopic (exact) mass is 489 g/mol. The third-order valence-electron chi connectivity index (χ3n) is 5.49. The molecule has 0 heterocycles. The summed E-state index contributed by atoms with van der Waals surface area (Å²) >= 11 is 0. The highest BCUT2D eigenvalue weighted by molar-refractivity contribution is 5.92. The Morgan fingerprint density at radius 3 is 2.14 bits per heavy atom. The van der Waals surface area contributed by atoms with Gasteiger partial charge in [-0.25, -0.2) is 4.79 Å². The average Bonchev–Trinajstić information content (AvgIpc) is 2.77. The summed E-state index contributed by atoms with van der Waals surface area (Å²) in [5.74, 6) is -0.308. The Hall–Kier alpha value is -2.57. The van der Waals surface area contributed by atoms with Crippen molar-refractivity contribution in [3.05, 3.63) is 35.9 Å². The first-order chi connectivity index (χ1) is 16.5. The van der Waals surface area contributed by atoms with Gasteiger partial charge < -0.3 is 20.3 Å².